The van der Waals surface area contributed by atoms with Crippen molar-refractivity contribution < 1.29 is 19.5 Å². The highest BCUT2D eigenvalue weighted by molar-refractivity contribution is 5.84. The van der Waals surface area contributed by atoms with Gasteiger partial charge in [0, 0.05) is 0 Å². The van der Waals surface area contributed by atoms with Gasteiger partial charge in [0.1, 0.15) is 0 Å². The summed E-state index contributed by atoms with van der Waals surface area (Å²) in [6.07, 6.45) is 0.238. The minimum Gasteiger partial charge on any atom is -0.448 e. The molecule has 4 N–H and O–H groups in total. The Labute approximate surface area is 70.0 Å². The van der Waals surface area contributed by atoms with E-state index in [1.165, 1.54) is 5.48 Å². The first-order valence-electron chi connectivity index (χ1n) is 3.07. The van der Waals surface area contributed by atoms with Crippen LogP contribution >= 0.6 is 0 Å². The Balaban J connectivity index is 0. The predicted octanol–water partition coefficient (Wildman–Crippen LogP) is -0.221. The lowest BCUT2D eigenvalue weighted by atomic mass is 10.6. The Morgan fingerprint density at radius 3 is 2.25 bits per heavy atom. The van der Waals surface area contributed by atoms with E-state index >= 15 is 0 Å². The highest BCUT2D eigenvalue weighted by Crippen LogP contribution is 1.70. The van der Waals surface area contributed by atoms with Crippen molar-refractivity contribution in [2.45, 2.75) is 6.92 Å². The van der Waals surface area contributed by atoms with Gasteiger partial charge >= 0.3 is 6.09 Å². The Morgan fingerprint density at radius 2 is 2.17 bits per heavy atom. The highest BCUT2D eigenvalue weighted by atomic mass is 16.6. The van der Waals surface area contributed by atoms with Crippen molar-refractivity contribution in [2.24, 2.45) is 5.73 Å². The van der Waals surface area contributed by atoms with Crippen molar-refractivity contribution in [3.8, 4) is 0 Å². The van der Waals surface area contributed by atoms with E-state index in [0.717, 1.165) is 6.08 Å². The van der Waals surface area contributed by atoms with Crippen molar-refractivity contribution in [3.63, 3.8) is 0 Å². The fourth-order valence-electron chi connectivity index (χ4n) is 0.163. The summed E-state index contributed by atoms with van der Waals surface area (Å²) in [4.78, 5) is 19.3. The molecule has 0 rings (SSSR count). The molecule has 0 saturated heterocycles. The molecule has 0 aliphatic heterocycles. The molecule has 0 heterocycles. The maximum absolute atomic E-state index is 9.83. The molecule has 0 aliphatic rings. The quantitative estimate of drug-likeness (QED) is 0.307. The lowest BCUT2D eigenvalue weighted by molar-refractivity contribution is -0.113. The number of rotatable bonds is 2. The van der Waals surface area contributed by atoms with Gasteiger partial charge in [-0.15, -0.1) is 0 Å². The van der Waals surface area contributed by atoms with E-state index in [-0.39, 0.29) is 6.61 Å². The van der Waals surface area contributed by atoms with Gasteiger partial charge in [-0.25, -0.2) is 10.3 Å². The van der Waals surface area contributed by atoms with Crippen LogP contribution in [0.4, 0.5) is 4.79 Å². The third-order valence-electron chi connectivity index (χ3n) is 0.568. The maximum atomic E-state index is 9.83. The molecule has 0 unspecified atom stereocenters. The van der Waals surface area contributed by atoms with E-state index in [9.17, 15) is 9.59 Å². The number of primary amides is 1. The summed E-state index contributed by atoms with van der Waals surface area (Å²) >= 11 is 0. The van der Waals surface area contributed by atoms with Gasteiger partial charge in [0.05, 0.1) is 6.61 Å². The SMILES string of the molecule is C=CC(N)=O.CCOC(=O)NO. The largest absolute Gasteiger partial charge is 0.448 e. The molecule has 0 radical (unpaired) electrons. The van der Waals surface area contributed by atoms with Crippen molar-refractivity contribution in [1.29, 1.82) is 0 Å². The van der Waals surface area contributed by atoms with Gasteiger partial charge in [-0.05, 0) is 13.0 Å². The Kier molecular flexibility index (Phi) is 10.3. The minimum atomic E-state index is -0.817. The van der Waals surface area contributed by atoms with Gasteiger partial charge in [-0.3, -0.25) is 10.0 Å². The number of nitrogens with two attached hydrogens (primary N) is 1. The molecule has 70 valence electrons. The number of hydrogen-bond donors (Lipinski definition) is 3. The van der Waals surface area contributed by atoms with Crippen LogP contribution in [0.2, 0.25) is 0 Å². The molecule has 0 fully saturated rings. The molecular weight excluding hydrogens is 164 g/mol. The molecule has 0 aromatic carbocycles. The summed E-state index contributed by atoms with van der Waals surface area (Å²) < 4.78 is 4.19. The monoisotopic (exact) mass is 176 g/mol. The third kappa shape index (κ3) is 15.8. The Hall–Kier alpha value is -1.56. The van der Waals surface area contributed by atoms with Crippen LogP contribution in [0.5, 0.6) is 0 Å². The first kappa shape index (κ1) is 13.1. The summed E-state index contributed by atoms with van der Waals surface area (Å²) in [7, 11) is 0. The summed E-state index contributed by atoms with van der Waals surface area (Å²) in [5.74, 6) is -0.481. The van der Waals surface area contributed by atoms with Crippen LogP contribution < -0.4 is 11.2 Å². The van der Waals surface area contributed by atoms with Crippen molar-refractivity contribution >= 4 is 12.0 Å². The highest BCUT2D eigenvalue weighted by Gasteiger charge is 1.91. The molecule has 12 heavy (non-hydrogen) atoms. The molecule has 0 spiro atoms. The Morgan fingerprint density at radius 1 is 1.75 bits per heavy atom. The number of nitrogens with one attached hydrogen (secondary N) is 1. The van der Waals surface area contributed by atoms with Crippen molar-refractivity contribution in [2.75, 3.05) is 6.61 Å². The van der Waals surface area contributed by atoms with Crippen LogP contribution in [-0.2, 0) is 9.53 Å². The first-order valence-corrected chi connectivity index (χ1v) is 3.07. The van der Waals surface area contributed by atoms with E-state index in [1.807, 2.05) is 0 Å². The van der Waals surface area contributed by atoms with Gasteiger partial charge in [-0.1, -0.05) is 6.58 Å². The van der Waals surface area contributed by atoms with Gasteiger partial charge in [0.2, 0.25) is 5.91 Å². The van der Waals surface area contributed by atoms with Gasteiger partial charge in [-0.2, -0.15) is 0 Å². The second kappa shape index (κ2) is 9.44. The number of ether oxygens (including phenoxy) is 1. The van der Waals surface area contributed by atoms with Gasteiger partial charge < -0.3 is 10.5 Å². The molecular formula is C6H12N2O4. The van der Waals surface area contributed by atoms with E-state index in [2.05, 4.69) is 17.0 Å². The molecule has 2 amide bonds. The third-order valence-corrected chi connectivity index (χ3v) is 0.568. The molecule has 0 atom stereocenters. The normalized spacial score (nSPS) is 7.17. The molecule has 0 saturated carbocycles. The van der Waals surface area contributed by atoms with Crippen LogP contribution in [0.15, 0.2) is 12.7 Å². The molecule has 0 aliphatic carbocycles. The number of amides is 2. The Bertz CT molecular complexity index is 158. The molecule has 6 nitrogen and oxygen atoms in total. The standard InChI is InChI=1S/C3H7NO3.C3H5NO/c1-2-7-3(5)4-6;1-2-3(4)5/h6H,2H2,1H3,(H,4,5);2H,1H2,(H2,4,5). The number of carbonyl (C=O) groups excluding carboxylic acids is 2. The predicted molar refractivity (Wildman–Crippen MR) is 41.3 cm³/mol. The summed E-state index contributed by atoms with van der Waals surface area (Å²) in [5.41, 5.74) is 5.84. The van der Waals surface area contributed by atoms with Crippen LogP contribution in [0.1, 0.15) is 6.92 Å². The lowest BCUT2D eigenvalue weighted by Crippen LogP contribution is -2.19. The lowest BCUT2D eigenvalue weighted by Gasteiger charge is -1.94. The van der Waals surface area contributed by atoms with Gasteiger partial charge in [0.25, 0.3) is 0 Å². The number of hydrogen-bond acceptors (Lipinski definition) is 4. The fraction of sp³-hybridized carbons (Fsp3) is 0.333. The van der Waals surface area contributed by atoms with Crippen LogP contribution in [0.3, 0.4) is 0 Å². The molecule has 0 aromatic heterocycles. The molecule has 0 aromatic rings. The maximum Gasteiger partial charge on any atom is 0.431 e. The van der Waals surface area contributed by atoms with Crippen LogP contribution in [-0.4, -0.2) is 23.8 Å². The second-order valence-electron chi connectivity index (χ2n) is 1.44. The second-order valence-corrected chi connectivity index (χ2v) is 1.44. The molecule has 6 heteroatoms. The zero-order valence-corrected chi connectivity index (χ0v) is 6.74. The minimum absolute atomic E-state index is 0.270. The van der Waals surface area contributed by atoms with Crippen molar-refractivity contribution in [3.05, 3.63) is 12.7 Å². The average molecular weight is 176 g/mol. The fourth-order valence-corrected chi connectivity index (χ4v) is 0.163. The first-order chi connectivity index (χ1) is 5.58. The smallest absolute Gasteiger partial charge is 0.431 e. The topological polar surface area (TPSA) is 102 Å². The number of carbonyl (C=O) groups is 2. The van der Waals surface area contributed by atoms with Crippen molar-refractivity contribution in [1.82, 2.24) is 5.48 Å². The van der Waals surface area contributed by atoms with E-state index in [4.69, 9.17) is 5.21 Å². The zero-order chi connectivity index (χ0) is 9.98. The zero-order valence-electron chi connectivity index (χ0n) is 6.74. The van der Waals surface area contributed by atoms with Gasteiger partial charge in [0.15, 0.2) is 0 Å². The van der Waals surface area contributed by atoms with E-state index < -0.39 is 12.0 Å². The summed E-state index contributed by atoms with van der Waals surface area (Å²) in [5, 5.41) is 7.74. The van der Waals surface area contributed by atoms with Crippen LogP contribution in [0, 0.1) is 0 Å². The summed E-state index contributed by atoms with van der Waals surface area (Å²) in [6.45, 7) is 5.00. The van der Waals surface area contributed by atoms with Crippen LogP contribution in [0.25, 0.3) is 0 Å². The van der Waals surface area contributed by atoms with E-state index in [1.54, 1.807) is 6.92 Å². The van der Waals surface area contributed by atoms with E-state index in [0.29, 0.717) is 0 Å². The summed E-state index contributed by atoms with van der Waals surface area (Å²) in [6, 6.07) is 0. The molecule has 0 bridgehead atoms. The number of hydroxylamine groups is 1. The average Bonchev–Trinajstić information content (AvgIpc) is 2.06.